The summed E-state index contributed by atoms with van der Waals surface area (Å²) in [5, 5.41) is 4.30. The van der Waals surface area contributed by atoms with Crippen LogP contribution in [0.5, 0.6) is 0 Å². The average Bonchev–Trinajstić information content (AvgIpc) is 2.39. The van der Waals surface area contributed by atoms with Gasteiger partial charge in [-0.2, -0.15) is 0 Å². The molecule has 0 aliphatic heterocycles. The summed E-state index contributed by atoms with van der Waals surface area (Å²) in [6, 6.07) is 7.79. The first-order valence-electron chi connectivity index (χ1n) is 6.44. The van der Waals surface area contributed by atoms with Gasteiger partial charge in [0.05, 0.1) is 11.6 Å². The van der Waals surface area contributed by atoms with Crippen LogP contribution in [-0.4, -0.2) is 25.3 Å². The Kier molecular flexibility index (Phi) is 4.49. The van der Waals surface area contributed by atoms with E-state index in [1.807, 2.05) is 24.3 Å². The van der Waals surface area contributed by atoms with E-state index < -0.39 is 0 Å². The molecule has 18 heavy (non-hydrogen) atoms. The van der Waals surface area contributed by atoms with Crippen molar-refractivity contribution in [3.05, 3.63) is 29.3 Å². The van der Waals surface area contributed by atoms with Crippen molar-refractivity contribution in [2.75, 3.05) is 19.0 Å². The molecule has 2 unspecified atom stereocenters. The van der Waals surface area contributed by atoms with Gasteiger partial charge in [-0.25, -0.2) is 0 Å². The van der Waals surface area contributed by atoms with Gasteiger partial charge in [-0.15, -0.1) is 0 Å². The van der Waals surface area contributed by atoms with Crippen LogP contribution >= 0.6 is 11.6 Å². The fourth-order valence-electron chi connectivity index (χ4n) is 2.73. The summed E-state index contributed by atoms with van der Waals surface area (Å²) in [4.78, 5) is 0. The monoisotopic (exact) mass is 268 g/mol. The Labute approximate surface area is 114 Å². The number of ether oxygens (including phenoxy) is 1. The molecule has 0 amide bonds. The van der Waals surface area contributed by atoms with Crippen LogP contribution in [0.2, 0.25) is 5.02 Å². The third kappa shape index (κ3) is 3.16. The minimum atomic E-state index is -0.0659. The van der Waals surface area contributed by atoms with E-state index in [4.69, 9.17) is 22.1 Å². The summed E-state index contributed by atoms with van der Waals surface area (Å²) >= 11 is 6.01. The molecule has 0 bridgehead atoms. The van der Waals surface area contributed by atoms with E-state index in [2.05, 4.69) is 5.32 Å². The fourth-order valence-corrected chi connectivity index (χ4v) is 2.92. The Hall–Kier alpha value is -0.770. The van der Waals surface area contributed by atoms with Gasteiger partial charge in [0.2, 0.25) is 0 Å². The highest BCUT2D eigenvalue weighted by atomic mass is 35.5. The van der Waals surface area contributed by atoms with Gasteiger partial charge >= 0.3 is 0 Å². The van der Waals surface area contributed by atoms with Gasteiger partial charge in [0.15, 0.2) is 0 Å². The lowest BCUT2D eigenvalue weighted by molar-refractivity contribution is 0.0483. The van der Waals surface area contributed by atoms with E-state index in [0.717, 1.165) is 36.4 Å². The van der Waals surface area contributed by atoms with E-state index in [1.54, 1.807) is 7.11 Å². The van der Waals surface area contributed by atoms with Crippen LogP contribution in [0.1, 0.15) is 25.7 Å². The van der Waals surface area contributed by atoms with E-state index in [0.29, 0.717) is 12.6 Å². The molecule has 1 saturated carbocycles. The second-order valence-electron chi connectivity index (χ2n) is 5.07. The molecule has 0 spiro atoms. The van der Waals surface area contributed by atoms with Crippen molar-refractivity contribution in [3.8, 4) is 0 Å². The molecule has 2 rings (SSSR count). The zero-order chi connectivity index (χ0) is 13.0. The molecule has 0 saturated heterocycles. The normalized spacial score (nSPS) is 28.1. The number of hydrogen-bond acceptors (Lipinski definition) is 3. The van der Waals surface area contributed by atoms with Gasteiger partial charge in [-0.3, -0.25) is 0 Å². The standard InChI is InChI=1S/C14H21ClN2O/c1-18-13-6-3-7-14(9-13,10-16)17-12-5-2-4-11(15)8-12/h2,4-5,8,13,17H,3,6-7,9-10,16H2,1H3. The van der Waals surface area contributed by atoms with Gasteiger partial charge in [0.1, 0.15) is 0 Å². The summed E-state index contributed by atoms with van der Waals surface area (Å²) in [7, 11) is 1.77. The largest absolute Gasteiger partial charge is 0.381 e. The zero-order valence-corrected chi connectivity index (χ0v) is 11.5. The first kappa shape index (κ1) is 13.7. The maximum atomic E-state index is 6.01. The molecule has 0 aromatic heterocycles. The van der Waals surface area contributed by atoms with Crippen molar-refractivity contribution in [3.63, 3.8) is 0 Å². The lowest BCUT2D eigenvalue weighted by Gasteiger charge is -2.41. The van der Waals surface area contributed by atoms with Crippen LogP contribution in [-0.2, 0) is 4.74 Å². The molecule has 0 radical (unpaired) electrons. The molecule has 3 nitrogen and oxygen atoms in total. The molecule has 1 aromatic rings. The summed E-state index contributed by atoms with van der Waals surface area (Å²) in [5.41, 5.74) is 6.96. The lowest BCUT2D eigenvalue weighted by atomic mass is 9.80. The maximum Gasteiger partial charge on any atom is 0.0594 e. The maximum absolute atomic E-state index is 6.01. The van der Waals surface area contributed by atoms with Crippen molar-refractivity contribution in [2.45, 2.75) is 37.3 Å². The predicted octanol–water partition coefficient (Wildman–Crippen LogP) is 3.04. The molecular formula is C14H21ClN2O. The second-order valence-corrected chi connectivity index (χ2v) is 5.51. The minimum absolute atomic E-state index is 0.0659. The Morgan fingerprint density at radius 1 is 1.56 bits per heavy atom. The van der Waals surface area contributed by atoms with Crippen LogP contribution in [0.3, 0.4) is 0 Å². The smallest absolute Gasteiger partial charge is 0.0594 e. The van der Waals surface area contributed by atoms with Crippen molar-refractivity contribution >= 4 is 17.3 Å². The average molecular weight is 269 g/mol. The van der Waals surface area contributed by atoms with Crippen molar-refractivity contribution in [1.82, 2.24) is 0 Å². The highest BCUT2D eigenvalue weighted by Crippen LogP contribution is 2.32. The Bertz CT molecular complexity index is 399. The van der Waals surface area contributed by atoms with Crippen LogP contribution in [0.4, 0.5) is 5.69 Å². The molecular weight excluding hydrogens is 248 g/mol. The number of nitrogens with one attached hydrogen (secondary N) is 1. The summed E-state index contributed by atoms with van der Waals surface area (Å²) in [5.74, 6) is 0. The number of hydrogen-bond donors (Lipinski definition) is 2. The first-order chi connectivity index (χ1) is 8.67. The summed E-state index contributed by atoms with van der Waals surface area (Å²) in [6.07, 6.45) is 4.59. The van der Waals surface area contributed by atoms with Crippen molar-refractivity contribution in [1.29, 1.82) is 0 Å². The Morgan fingerprint density at radius 3 is 3.06 bits per heavy atom. The predicted molar refractivity (Wildman–Crippen MR) is 76.1 cm³/mol. The first-order valence-corrected chi connectivity index (χ1v) is 6.82. The van der Waals surface area contributed by atoms with Crippen molar-refractivity contribution < 1.29 is 4.74 Å². The fraction of sp³-hybridized carbons (Fsp3) is 0.571. The number of benzene rings is 1. The highest BCUT2D eigenvalue weighted by Gasteiger charge is 2.35. The molecule has 100 valence electrons. The number of nitrogens with two attached hydrogens (primary N) is 1. The molecule has 1 aliphatic carbocycles. The molecule has 4 heteroatoms. The van der Waals surface area contributed by atoms with Crippen LogP contribution in [0.25, 0.3) is 0 Å². The molecule has 1 aromatic carbocycles. The molecule has 0 heterocycles. The Balaban J connectivity index is 2.12. The highest BCUT2D eigenvalue weighted by molar-refractivity contribution is 6.30. The lowest BCUT2D eigenvalue weighted by Crippen LogP contribution is -2.50. The minimum Gasteiger partial charge on any atom is -0.381 e. The quantitative estimate of drug-likeness (QED) is 0.882. The van der Waals surface area contributed by atoms with Crippen LogP contribution < -0.4 is 11.1 Å². The molecule has 2 atom stereocenters. The SMILES string of the molecule is COC1CCCC(CN)(Nc2cccc(Cl)c2)C1. The molecule has 1 aliphatic rings. The third-order valence-electron chi connectivity index (χ3n) is 3.76. The summed E-state index contributed by atoms with van der Waals surface area (Å²) < 4.78 is 5.49. The zero-order valence-electron chi connectivity index (χ0n) is 10.8. The third-order valence-corrected chi connectivity index (χ3v) is 3.99. The summed E-state index contributed by atoms with van der Waals surface area (Å²) in [6.45, 7) is 0.610. The second kappa shape index (κ2) is 5.91. The van der Waals surface area contributed by atoms with E-state index in [1.165, 1.54) is 0 Å². The molecule has 1 fully saturated rings. The van der Waals surface area contributed by atoms with Gasteiger partial charge in [0.25, 0.3) is 0 Å². The van der Waals surface area contributed by atoms with Crippen molar-refractivity contribution in [2.24, 2.45) is 5.73 Å². The van der Waals surface area contributed by atoms with Gasteiger partial charge in [-0.05, 0) is 43.9 Å². The number of rotatable bonds is 4. The van der Waals surface area contributed by atoms with E-state index >= 15 is 0 Å². The van der Waals surface area contributed by atoms with Crippen LogP contribution in [0, 0.1) is 0 Å². The Morgan fingerprint density at radius 2 is 2.39 bits per heavy atom. The number of halogens is 1. The van der Waals surface area contributed by atoms with Crippen LogP contribution in [0.15, 0.2) is 24.3 Å². The van der Waals surface area contributed by atoms with E-state index in [9.17, 15) is 0 Å². The van der Waals surface area contributed by atoms with Gasteiger partial charge in [0, 0.05) is 24.4 Å². The van der Waals surface area contributed by atoms with Gasteiger partial charge in [-0.1, -0.05) is 17.7 Å². The number of methoxy groups -OCH3 is 1. The molecule has 3 N–H and O–H groups in total. The topological polar surface area (TPSA) is 47.3 Å². The number of anilines is 1. The van der Waals surface area contributed by atoms with Gasteiger partial charge < -0.3 is 15.8 Å². The van der Waals surface area contributed by atoms with E-state index in [-0.39, 0.29) is 5.54 Å².